The highest BCUT2D eigenvalue weighted by Gasteiger charge is 2.26. The summed E-state index contributed by atoms with van der Waals surface area (Å²) < 4.78 is 7.12. The van der Waals surface area contributed by atoms with Gasteiger partial charge in [-0.25, -0.2) is 0 Å². The molecule has 2 amide bonds. The van der Waals surface area contributed by atoms with Gasteiger partial charge in [-0.15, -0.1) is 0 Å². The molecule has 29 heavy (non-hydrogen) atoms. The van der Waals surface area contributed by atoms with Crippen LogP contribution in [0.4, 0.5) is 0 Å². The van der Waals surface area contributed by atoms with Crippen molar-refractivity contribution in [3.05, 3.63) is 41.1 Å². The number of nitrogens with zero attached hydrogens (tertiary/aromatic N) is 4. The van der Waals surface area contributed by atoms with Gasteiger partial charge in [0.25, 0.3) is 11.8 Å². The van der Waals surface area contributed by atoms with Crippen molar-refractivity contribution in [2.24, 2.45) is 7.05 Å². The summed E-state index contributed by atoms with van der Waals surface area (Å²) in [6, 6.07) is 4.97. The Kier molecular flexibility index (Phi) is 5.80. The van der Waals surface area contributed by atoms with Gasteiger partial charge in [0.1, 0.15) is 11.3 Å². The summed E-state index contributed by atoms with van der Waals surface area (Å²) >= 11 is 0. The second kappa shape index (κ2) is 8.13. The highest BCUT2D eigenvalue weighted by atomic mass is 16.4. The molecule has 1 saturated heterocycles. The summed E-state index contributed by atoms with van der Waals surface area (Å²) in [6.07, 6.45) is 0.681. The highest BCUT2D eigenvalue weighted by Crippen LogP contribution is 2.15. The third-order valence-corrected chi connectivity index (χ3v) is 4.60. The lowest BCUT2D eigenvalue weighted by molar-refractivity contribution is 0.0695. The number of amides is 2. The van der Waals surface area contributed by atoms with Crippen molar-refractivity contribution in [3.8, 4) is 11.8 Å². The van der Waals surface area contributed by atoms with Crippen LogP contribution < -0.4 is 0 Å². The van der Waals surface area contributed by atoms with E-state index in [0.717, 1.165) is 5.69 Å². The fourth-order valence-electron chi connectivity index (χ4n) is 3.19. The third-order valence-electron chi connectivity index (χ3n) is 4.60. The van der Waals surface area contributed by atoms with Gasteiger partial charge in [0.05, 0.1) is 5.69 Å². The lowest BCUT2D eigenvalue weighted by Gasteiger charge is -2.21. The molecule has 8 nitrogen and oxygen atoms in total. The Bertz CT molecular complexity index is 971. The normalized spacial score (nSPS) is 14.9. The largest absolute Gasteiger partial charge is 0.443 e. The van der Waals surface area contributed by atoms with E-state index in [-0.39, 0.29) is 17.6 Å². The molecule has 0 bridgehead atoms. The van der Waals surface area contributed by atoms with E-state index in [4.69, 9.17) is 4.42 Å². The van der Waals surface area contributed by atoms with E-state index in [1.165, 1.54) is 0 Å². The van der Waals surface area contributed by atoms with Crippen LogP contribution in [0.5, 0.6) is 0 Å². The standard InChI is InChI=1S/C21H26N4O4/c1-15-14-17(23(4)22-15)19(26)24-10-5-11-25(13-12-24)20(27)18-7-6-16(29-18)8-9-21(2,3)28/h6-7,14,28H,5,10-13H2,1-4H3. The Morgan fingerprint density at radius 3 is 2.38 bits per heavy atom. The maximum absolute atomic E-state index is 12.8. The minimum Gasteiger partial charge on any atom is -0.443 e. The number of furan rings is 1. The van der Waals surface area contributed by atoms with Crippen molar-refractivity contribution in [2.75, 3.05) is 26.2 Å². The highest BCUT2D eigenvalue weighted by molar-refractivity contribution is 5.93. The molecule has 8 heteroatoms. The Labute approximate surface area is 170 Å². The van der Waals surface area contributed by atoms with Crippen LogP contribution in [0.15, 0.2) is 22.6 Å². The van der Waals surface area contributed by atoms with E-state index in [1.807, 2.05) is 6.92 Å². The number of aliphatic hydroxyl groups is 1. The topological polar surface area (TPSA) is 91.8 Å². The zero-order valence-electron chi connectivity index (χ0n) is 17.2. The average molecular weight is 398 g/mol. The molecule has 1 aliphatic rings. The van der Waals surface area contributed by atoms with Crippen molar-refractivity contribution >= 4 is 11.8 Å². The van der Waals surface area contributed by atoms with Gasteiger partial charge in [-0.1, -0.05) is 5.92 Å². The van der Waals surface area contributed by atoms with E-state index in [2.05, 4.69) is 16.9 Å². The number of aryl methyl sites for hydroxylation is 2. The molecule has 3 rings (SSSR count). The molecule has 154 valence electrons. The van der Waals surface area contributed by atoms with Crippen LogP contribution in [0, 0.1) is 18.8 Å². The molecule has 0 aliphatic carbocycles. The first kappa shape index (κ1) is 20.7. The average Bonchev–Trinajstić information content (AvgIpc) is 3.16. The van der Waals surface area contributed by atoms with Crippen LogP contribution in [0.3, 0.4) is 0 Å². The fourth-order valence-corrected chi connectivity index (χ4v) is 3.19. The predicted molar refractivity (Wildman–Crippen MR) is 106 cm³/mol. The molecular weight excluding hydrogens is 372 g/mol. The van der Waals surface area contributed by atoms with Crippen molar-refractivity contribution in [3.63, 3.8) is 0 Å². The van der Waals surface area contributed by atoms with Crippen LogP contribution in [-0.4, -0.2) is 68.3 Å². The van der Waals surface area contributed by atoms with Crippen molar-refractivity contribution in [1.29, 1.82) is 0 Å². The smallest absolute Gasteiger partial charge is 0.289 e. The number of carbonyl (C=O) groups is 2. The van der Waals surface area contributed by atoms with Crippen molar-refractivity contribution < 1.29 is 19.1 Å². The minimum atomic E-state index is -1.13. The third kappa shape index (κ3) is 5.06. The van der Waals surface area contributed by atoms with Gasteiger partial charge in [0.2, 0.25) is 0 Å². The van der Waals surface area contributed by atoms with Crippen LogP contribution >= 0.6 is 0 Å². The van der Waals surface area contributed by atoms with Gasteiger partial charge in [0.15, 0.2) is 11.5 Å². The molecular formula is C21H26N4O4. The Morgan fingerprint density at radius 1 is 1.14 bits per heavy atom. The van der Waals surface area contributed by atoms with Gasteiger partial charge in [-0.2, -0.15) is 5.10 Å². The van der Waals surface area contributed by atoms with Gasteiger partial charge in [-0.3, -0.25) is 14.3 Å². The quantitative estimate of drug-likeness (QED) is 0.773. The summed E-state index contributed by atoms with van der Waals surface area (Å²) in [5.41, 5.74) is 0.205. The minimum absolute atomic E-state index is 0.0791. The summed E-state index contributed by atoms with van der Waals surface area (Å²) in [4.78, 5) is 29.0. The SMILES string of the molecule is Cc1cc(C(=O)N2CCCN(C(=O)c3ccc(C#CC(C)(C)O)o3)CC2)n(C)n1. The van der Waals surface area contributed by atoms with Crippen LogP contribution in [0.1, 0.15) is 52.8 Å². The van der Waals surface area contributed by atoms with Gasteiger partial charge < -0.3 is 19.3 Å². The molecule has 1 N–H and O–H groups in total. The maximum Gasteiger partial charge on any atom is 0.289 e. The summed E-state index contributed by atoms with van der Waals surface area (Å²) in [5.74, 6) is 5.60. The maximum atomic E-state index is 12.8. The summed E-state index contributed by atoms with van der Waals surface area (Å²) in [5, 5.41) is 13.9. The number of carbonyl (C=O) groups excluding carboxylic acids is 2. The van der Waals surface area contributed by atoms with Crippen molar-refractivity contribution in [2.45, 2.75) is 32.8 Å². The molecule has 0 aromatic carbocycles. The summed E-state index contributed by atoms with van der Waals surface area (Å²) in [7, 11) is 1.75. The molecule has 1 aliphatic heterocycles. The van der Waals surface area contributed by atoms with Gasteiger partial charge in [-0.05, 0) is 51.3 Å². The second-order valence-corrected chi connectivity index (χ2v) is 7.71. The molecule has 3 heterocycles. The van der Waals surface area contributed by atoms with Gasteiger partial charge >= 0.3 is 0 Å². The summed E-state index contributed by atoms with van der Waals surface area (Å²) in [6.45, 7) is 6.99. The first-order valence-corrected chi connectivity index (χ1v) is 9.58. The molecule has 0 radical (unpaired) electrons. The van der Waals surface area contributed by atoms with Crippen LogP contribution in [0.25, 0.3) is 0 Å². The Balaban J connectivity index is 1.65. The molecule has 0 unspecified atom stereocenters. The molecule has 2 aromatic rings. The van der Waals surface area contributed by atoms with E-state index in [0.29, 0.717) is 44.1 Å². The number of hydrogen-bond acceptors (Lipinski definition) is 5. The number of aromatic nitrogens is 2. The van der Waals surface area contributed by atoms with Crippen LogP contribution in [-0.2, 0) is 7.05 Å². The lowest BCUT2D eigenvalue weighted by Crippen LogP contribution is -2.37. The van der Waals surface area contributed by atoms with Crippen LogP contribution in [0.2, 0.25) is 0 Å². The number of rotatable bonds is 2. The Morgan fingerprint density at radius 2 is 1.79 bits per heavy atom. The zero-order chi connectivity index (χ0) is 21.2. The van der Waals surface area contributed by atoms with Gasteiger partial charge in [0, 0.05) is 33.2 Å². The molecule has 0 atom stereocenters. The fraction of sp³-hybridized carbons (Fsp3) is 0.476. The predicted octanol–water partition coefficient (Wildman–Crippen LogP) is 1.43. The molecule has 0 saturated carbocycles. The van der Waals surface area contributed by atoms with E-state index in [9.17, 15) is 14.7 Å². The van der Waals surface area contributed by atoms with E-state index < -0.39 is 5.60 Å². The van der Waals surface area contributed by atoms with E-state index in [1.54, 1.807) is 53.6 Å². The first-order valence-electron chi connectivity index (χ1n) is 9.58. The molecule has 0 spiro atoms. The first-order chi connectivity index (χ1) is 13.6. The second-order valence-electron chi connectivity index (χ2n) is 7.71. The monoisotopic (exact) mass is 398 g/mol. The molecule has 1 fully saturated rings. The lowest BCUT2D eigenvalue weighted by atomic mass is 10.1. The van der Waals surface area contributed by atoms with E-state index >= 15 is 0 Å². The molecule has 2 aromatic heterocycles. The number of hydrogen-bond donors (Lipinski definition) is 1. The zero-order valence-corrected chi connectivity index (χ0v) is 17.2. The Hall–Kier alpha value is -3.05. The van der Waals surface area contributed by atoms with Crippen molar-refractivity contribution in [1.82, 2.24) is 19.6 Å².